The number of esters is 1. The van der Waals surface area contributed by atoms with Crippen molar-refractivity contribution in [2.45, 2.75) is 84.0 Å². The van der Waals surface area contributed by atoms with Gasteiger partial charge in [0.2, 0.25) is 0 Å². The Bertz CT molecular complexity index is 1080. The maximum absolute atomic E-state index is 13.1. The standard InChI is InChI=1S/C29H41N3O6/c1-18(2)36-28(33)22-7-6-8-25(16-22)37-24-13-10-21(11-14-24)27-26(19(3)31-38-27)30-29(34)32(4)23-12-9-20(15-23)17-35-5/h10-11,13-14,18,20,22-23,25H,6-9,12,15-17H2,1-5H3,(H,30,34)/t20?,22-,23?,25-/m0/s1. The smallest absolute Gasteiger partial charge is 0.321 e. The molecule has 0 spiro atoms. The van der Waals surface area contributed by atoms with Gasteiger partial charge in [-0.2, -0.15) is 0 Å². The minimum absolute atomic E-state index is 0.0312. The minimum atomic E-state index is -0.177. The molecule has 38 heavy (non-hydrogen) atoms. The van der Waals surface area contributed by atoms with Crippen LogP contribution >= 0.6 is 0 Å². The van der Waals surface area contributed by atoms with Gasteiger partial charge >= 0.3 is 12.0 Å². The number of nitrogens with one attached hydrogen (secondary N) is 1. The topological polar surface area (TPSA) is 103 Å². The number of hydrogen-bond donors (Lipinski definition) is 1. The van der Waals surface area contributed by atoms with E-state index in [-0.39, 0.29) is 36.2 Å². The van der Waals surface area contributed by atoms with E-state index in [1.54, 1.807) is 12.0 Å². The molecule has 4 rings (SSSR count). The van der Waals surface area contributed by atoms with Gasteiger partial charge in [-0.1, -0.05) is 5.16 Å². The first-order valence-electron chi connectivity index (χ1n) is 13.7. The van der Waals surface area contributed by atoms with Crippen LogP contribution in [0.25, 0.3) is 11.3 Å². The first-order chi connectivity index (χ1) is 18.2. The van der Waals surface area contributed by atoms with Crippen LogP contribution in [0.3, 0.4) is 0 Å². The van der Waals surface area contributed by atoms with Gasteiger partial charge < -0.3 is 29.0 Å². The Balaban J connectivity index is 1.37. The van der Waals surface area contributed by atoms with Crippen molar-refractivity contribution in [3.8, 4) is 17.1 Å². The van der Waals surface area contributed by atoms with E-state index in [1.165, 1.54) is 0 Å². The number of amides is 2. The number of methoxy groups -OCH3 is 1. The van der Waals surface area contributed by atoms with Gasteiger partial charge in [0.25, 0.3) is 0 Å². The van der Waals surface area contributed by atoms with Gasteiger partial charge in [-0.05, 0) is 95.9 Å². The first-order valence-corrected chi connectivity index (χ1v) is 13.7. The summed E-state index contributed by atoms with van der Waals surface area (Å²) in [6.45, 7) is 6.28. The van der Waals surface area contributed by atoms with E-state index in [0.717, 1.165) is 56.4 Å². The maximum atomic E-state index is 13.1. The SMILES string of the molecule is COCC1CCC(N(C)C(=O)Nc2c(C)noc2-c2ccc(O[C@H]3CCC[C@H](C(=O)OC(C)C)C3)cc2)C1. The van der Waals surface area contributed by atoms with Gasteiger partial charge in [0, 0.05) is 32.4 Å². The molecule has 2 fully saturated rings. The zero-order chi connectivity index (χ0) is 27.2. The van der Waals surface area contributed by atoms with Crippen LogP contribution in [0.5, 0.6) is 5.75 Å². The summed E-state index contributed by atoms with van der Waals surface area (Å²) in [5.74, 6) is 1.47. The molecule has 1 aromatic carbocycles. The summed E-state index contributed by atoms with van der Waals surface area (Å²) >= 11 is 0. The van der Waals surface area contributed by atoms with E-state index in [1.807, 2.05) is 52.1 Å². The first kappa shape index (κ1) is 28.0. The molecule has 0 bridgehead atoms. The fourth-order valence-corrected chi connectivity index (χ4v) is 5.53. The molecule has 9 heteroatoms. The molecule has 2 amide bonds. The molecule has 0 aliphatic heterocycles. The van der Waals surface area contributed by atoms with Crippen LogP contribution in [-0.4, -0.2) is 61.1 Å². The van der Waals surface area contributed by atoms with Crippen molar-refractivity contribution in [3.63, 3.8) is 0 Å². The fourth-order valence-electron chi connectivity index (χ4n) is 5.53. The van der Waals surface area contributed by atoms with E-state index in [0.29, 0.717) is 29.5 Å². The van der Waals surface area contributed by atoms with Crippen molar-refractivity contribution in [1.82, 2.24) is 10.1 Å². The summed E-state index contributed by atoms with van der Waals surface area (Å²) in [7, 11) is 3.55. The number of ether oxygens (including phenoxy) is 3. The zero-order valence-corrected chi connectivity index (χ0v) is 23.2. The van der Waals surface area contributed by atoms with Crippen LogP contribution < -0.4 is 10.1 Å². The Morgan fingerprint density at radius 3 is 2.61 bits per heavy atom. The molecule has 0 saturated heterocycles. The highest BCUT2D eigenvalue weighted by atomic mass is 16.5. The van der Waals surface area contributed by atoms with Gasteiger partial charge in [0.15, 0.2) is 5.76 Å². The quantitative estimate of drug-likeness (QED) is 0.410. The number of anilines is 1. The molecule has 0 radical (unpaired) electrons. The number of rotatable bonds is 9. The molecule has 2 aliphatic rings. The number of carbonyl (C=O) groups is 2. The Kier molecular flexibility index (Phi) is 9.31. The molecule has 1 aromatic heterocycles. The second-order valence-electron chi connectivity index (χ2n) is 10.9. The second kappa shape index (κ2) is 12.7. The number of carbonyl (C=O) groups excluding carboxylic acids is 2. The van der Waals surface area contributed by atoms with Crippen molar-refractivity contribution in [2.24, 2.45) is 11.8 Å². The third-order valence-electron chi connectivity index (χ3n) is 7.61. The number of aromatic nitrogens is 1. The lowest BCUT2D eigenvalue weighted by Crippen LogP contribution is -2.38. The third kappa shape index (κ3) is 6.87. The van der Waals surface area contributed by atoms with E-state index in [9.17, 15) is 9.59 Å². The van der Waals surface area contributed by atoms with Crippen LogP contribution in [0.2, 0.25) is 0 Å². The van der Waals surface area contributed by atoms with Crippen LogP contribution in [0.15, 0.2) is 28.8 Å². The highest BCUT2D eigenvalue weighted by molar-refractivity contribution is 5.94. The predicted octanol–water partition coefficient (Wildman–Crippen LogP) is 5.82. The average molecular weight is 528 g/mol. The summed E-state index contributed by atoms with van der Waals surface area (Å²) < 4.78 is 22.5. The highest BCUT2D eigenvalue weighted by Crippen LogP contribution is 2.35. The molecule has 2 aliphatic carbocycles. The number of urea groups is 1. The van der Waals surface area contributed by atoms with E-state index in [2.05, 4.69) is 10.5 Å². The molecule has 1 N–H and O–H groups in total. The molecule has 2 aromatic rings. The van der Waals surface area contributed by atoms with Crippen molar-refractivity contribution in [2.75, 3.05) is 26.1 Å². The number of nitrogens with zero attached hydrogens (tertiary/aromatic N) is 2. The molecule has 9 nitrogen and oxygen atoms in total. The van der Waals surface area contributed by atoms with Crippen molar-refractivity contribution in [1.29, 1.82) is 0 Å². The Labute approximate surface area is 225 Å². The van der Waals surface area contributed by atoms with Gasteiger partial charge in [0.1, 0.15) is 17.1 Å². The highest BCUT2D eigenvalue weighted by Gasteiger charge is 2.32. The second-order valence-corrected chi connectivity index (χ2v) is 10.9. The molecular formula is C29H41N3O6. The van der Waals surface area contributed by atoms with Crippen LogP contribution in [0.1, 0.15) is 64.5 Å². The Morgan fingerprint density at radius 1 is 1.13 bits per heavy atom. The van der Waals surface area contributed by atoms with Gasteiger partial charge in [0.05, 0.1) is 18.1 Å². The largest absolute Gasteiger partial charge is 0.490 e. The predicted molar refractivity (Wildman–Crippen MR) is 144 cm³/mol. The summed E-state index contributed by atoms with van der Waals surface area (Å²) in [5, 5.41) is 7.12. The Hall–Kier alpha value is -3.07. The van der Waals surface area contributed by atoms with E-state index < -0.39 is 0 Å². The van der Waals surface area contributed by atoms with Crippen molar-refractivity contribution in [3.05, 3.63) is 30.0 Å². The van der Waals surface area contributed by atoms with Crippen LogP contribution in [-0.2, 0) is 14.3 Å². The lowest BCUT2D eigenvalue weighted by Gasteiger charge is -2.29. The summed E-state index contributed by atoms with van der Waals surface area (Å²) in [6, 6.07) is 7.57. The van der Waals surface area contributed by atoms with Gasteiger partial charge in [-0.25, -0.2) is 4.79 Å². The lowest BCUT2D eigenvalue weighted by molar-refractivity contribution is -0.154. The lowest BCUT2D eigenvalue weighted by atomic mass is 9.87. The number of hydrogen-bond acceptors (Lipinski definition) is 7. The Morgan fingerprint density at radius 2 is 1.89 bits per heavy atom. The van der Waals surface area contributed by atoms with Crippen molar-refractivity contribution >= 4 is 17.7 Å². The third-order valence-corrected chi connectivity index (χ3v) is 7.61. The molecule has 208 valence electrons. The summed E-state index contributed by atoms with van der Waals surface area (Å²) in [5.41, 5.74) is 1.98. The molecule has 1 heterocycles. The van der Waals surface area contributed by atoms with Gasteiger partial charge in [-0.15, -0.1) is 0 Å². The zero-order valence-electron chi connectivity index (χ0n) is 23.2. The van der Waals surface area contributed by atoms with Crippen molar-refractivity contribution < 1.29 is 28.3 Å². The normalized spacial score (nSPS) is 23.3. The van der Waals surface area contributed by atoms with E-state index >= 15 is 0 Å². The molecule has 2 saturated carbocycles. The monoisotopic (exact) mass is 527 g/mol. The average Bonchev–Trinajstić information content (AvgIpc) is 3.51. The van der Waals surface area contributed by atoms with Crippen LogP contribution in [0.4, 0.5) is 10.5 Å². The summed E-state index contributed by atoms with van der Waals surface area (Å²) in [4.78, 5) is 27.2. The summed E-state index contributed by atoms with van der Waals surface area (Å²) in [6.07, 6.45) is 6.17. The van der Waals surface area contributed by atoms with E-state index in [4.69, 9.17) is 18.7 Å². The van der Waals surface area contributed by atoms with Crippen LogP contribution in [0, 0.1) is 18.8 Å². The molecular weight excluding hydrogens is 486 g/mol. The van der Waals surface area contributed by atoms with Gasteiger partial charge in [-0.3, -0.25) is 4.79 Å². The number of benzene rings is 1. The molecule has 2 unspecified atom stereocenters. The minimum Gasteiger partial charge on any atom is -0.490 e. The molecule has 4 atom stereocenters. The number of aryl methyl sites for hydroxylation is 1. The fraction of sp³-hybridized carbons (Fsp3) is 0.621. The maximum Gasteiger partial charge on any atom is 0.321 e.